The van der Waals surface area contributed by atoms with Gasteiger partial charge in [-0.15, -0.1) is 0 Å². The Morgan fingerprint density at radius 2 is 1.52 bits per heavy atom. The molecule has 2 fully saturated rings. The van der Waals surface area contributed by atoms with Crippen molar-refractivity contribution >= 4 is 64.1 Å². The molecule has 1 aliphatic carbocycles. The summed E-state index contributed by atoms with van der Waals surface area (Å²) in [7, 11) is 0. The number of nitrogens with zero attached hydrogens (tertiary/aromatic N) is 1. The summed E-state index contributed by atoms with van der Waals surface area (Å²) >= 11 is 12.3. The zero-order chi connectivity index (χ0) is 31.2. The Morgan fingerprint density at radius 1 is 0.886 bits per heavy atom. The van der Waals surface area contributed by atoms with Gasteiger partial charge in [0.2, 0.25) is 23.1 Å². The van der Waals surface area contributed by atoms with E-state index in [1.807, 2.05) is 12.1 Å². The van der Waals surface area contributed by atoms with Crippen molar-refractivity contribution in [1.29, 1.82) is 0 Å². The molecular weight excluding hydrogens is 613 g/mol. The maximum Gasteiger partial charge on any atom is 0.325 e. The van der Waals surface area contributed by atoms with Crippen LogP contribution in [-0.4, -0.2) is 66.5 Å². The van der Waals surface area contributed by atoms with Crippen LogP contribution >= 0.6 is 23.2 Å². The summed E-state index contributed by atoms with van der Waals surface area (Å²) in [6, 6.07) is 16.1. The Balaban J connectivity index is 1.30. The molecular formula is C31H25Cl2N3O8. The number of carbonyl (C=O) groups is 5. The van der Waals surface area contributed by atoms with E-state index < -0.39 is 53.0 Å². The standard InChI is InChI=1S/C31H25Cl2N3O8/c32-21-10-5-16(15-22(21)33)25-23(24(29(40)41)31(44-25)26(37)19-3-1-2-4-20(19)27(31)38)28(39)35-30(42)34-17-6-8-18(9-7-17)36-11-13-43-14-12-36/h1-10,15,23-25H,11-14H2,(H,40,41)(H2,34,35,39,42)/t23-,24-,25-/m0/s1. The van der Waals surface area contributed by atoms with Crippen LogP contribution in [0.1, 0.15) is 32.4 Å². The van der Waals surface area contributed by atoms with Gasteiger partial charge in [0.1, 0.15) is 5.92 Å². The monoisotopic (exact) mass is 637 g/mol. The molecule has 0 unspecified atom stereocenters. The Labute approximate surface area is 261 Å². The summed E-state index contributed by atoms with van der Waals surface area (Å²) in [4.78, 5) is 69.2. The molecule has 3 aromatic carbocycles. The third-order valence-corrected chi connectivity index (χ3v) is 8.85. The molecule has 0 bridgehead atoms. The van der Waals surface area contributed by atoms with Gasteiger partial charge in [-0.25, -0.2) is 4.79 Å². The number of hydrogen-bond acceptors (Lipinski definition) is 8. The summed E-state index contributed by atoms with van der Waals surface area (Å²) in [5.74, 6) is -8.12. The number of ether oxygens (including phenoxy) is 2. The number of anilines is 2. The quantitative estimate of drug-likeness (QED) is 0.346. The first kappa shape index (κ1) is 29.8. The Bertz CT molecular complexity index is 1650. The summed E-state index contributed by atoms with van der Waals surface area (Å²) < 4.78 is 11.5. The molecule has 0 aromatic heterocycles. The van der Waals surface area contributed by atoms with Crippen molar-refractivity contribution in [3.63, 3.8) is 0 Å². The fourth-order valence-corrected chi connectivity index (χ4v) is 6.37. The number of aliphatic carboxylic acids is 1. The smallest absolute Gasteiger partial charge is 0.325 e. The summed E-state index contributed by atoms with van der Waals surface area (Å²) in [6.45, 7) is 2.68. The van der Waals surface area contributed by atoms with Gasteiger partial charge in [0.25, 0.3) is 0 Å². The second-order valence-corrected chi connectivity index (χ2v) is 11.4. The van der Waals surface area contributed by atoms with E-state index in [9.17, 15) is 29.1 Å². The van der Waals surface area contributed by atoms with Crippen molar-refractivity contribution in [3.05, 3.63) is 93.5 Å². The van der Waals surface area contributed by atoms with Gasteiger partial charge < -0.3 is 24.8 Å². The van der Waals surface area contributed by atoms with Crippen LogP contribution in [0.5, 0.6) is 0 Å². The van der Waals surface area contributed by atoms with E-state index in [-0.39, 0.29) is 26.7 Å². The van der Waals surface area contributed by atoms with Crippen LogP contribution in [0.4, 0.5) is 16.2 Å². The fourth-order valence-electron chi connectivity index (χ4n) is 6.06. The molecule has 3 atom stereocenters. The molecule has 1 spiro atoms. The lowest BCUT2D eigenvalue weighted by atomic mass is 9.75. The van der Waals surface area contributed by atoms with E-state index >= 15 is 0 Å². The lowest BCUT2D eigenvalue weighted by Gasteiger charge is -2.28. The molecule has 11 nitrogen and oxygen atoms in total. The molecule has 3 aliphatic rings. The van der Waals surface area contributed by atoms with Crippen LogP contribution in [0.2, 0.25) is 10.0 Å². The van der Waals surface area contributed by atoms with Crippen LogP contribution in [0, 0.1) is 11.8 Å². The number of hydrogen-bond donors (Lipinski definition) is 3. The van der Waals surface area contributed by atoms with Gasteiger partial charge in [-0.2, -0.15) is 0 Å². The van der Waals surface area contributed by atoms with Crippen molar-refractivity contribution < 1.29 is 38.6 Å². The van der Waals surface area contributed by atoms with Gasteiger partial charge in [-0.1, -0.05) is 53.5 Å². The summed E-state index contributed by atoms with van der Waals surface area (Å²) in [5, 5.41) is 15.4. The zero-order valence-electron chi connectivity index (χ0n) is 22.9. The van der Waals surface area contributed by atoms with Crippen molar-refractivity contribution in [3.8, 4) is 0 Å². The maximum atomic E-state index is 13.8. The first-order valence-corrected chi connectivity index (χ1v) is 14.5. The number of carbonyl (C=O) groups excluding carboxylic acids is 4. The highest BCUT2D eigenvalue weighted by Crippen LogP contribution is 2.54. The van der Waals surface area contributed by atoms with Crippen molar-refractivity contribution in [2.24, 2.45) is 11.8 Å². The van der Waals surface area contributed by atoms with E-state index in [1.165, 1.54) is 42.5 Å². The predicted molar refractivity (Wildman–Crippen MR) is 159 cm³/mol. The number of benzene rings is 3. The highest BCUT2D eigenvalue weighted by atomic mass is 35.5. The Morgan fingerprint density at radius 3 is 2.11 bits per heavy atom. The van der Waals surface area contributed by atoms with Gasteiger partial charge in [-0.05, 0) is 42.0 Å². The molecule has 44 heavy (non-hydrogen) atoms. The number of urea groups is 1. The average molecular weight is 638 g/mol. The Hall–Kier alpha value is -4.29. The zero-order valence-corrected chi connectivity index (χ0v) is 24.4. The molecule has 13 heteroatoms. The number of carboxylic acids is 1. The van der Waals surface area contributed by atoms with Crippen molar-refractivity contribution in [2.45, 2.75) is 11.7 Å². The third kappa shape index (κ3) is 5.01. The number of rotatable bonds is 5. The first-order valence-electron chi connectivity index (χ1n) is 13.7. The van der Waals surface area contributed by atoms with Gasteiger partial charge in [0.15, 0.2) is 0 Å². The number of halogens is 2. The second kappa shape index (κ2) is 11.7. The number of amides is 3. The summed E-state index contributed by atoms with van der Waals surface area (Å²) in [5.41, 5.74) is -1.08. The number of ketones is 2. The highest BCUT2D eigenvalue weighted by molar-refractivity contribution is 6.42. The first-order chi connectivity index (χ1) is 21.1. The molecule has 0 radical (unpaired) electrons. The molecule has 226 valence electrons. The lowest BCUT2D eigenvalue weighted by molar-refractivity contribution is -0.148. The minimum atomic E-state index is -2.54. The molecule has 0 saturated carbocycles. The topological polar surface area (TPSA) is 151 Å². The second-order valence-electron chi connectivity index (χ2n) is 10.6. The molecule has 2 heterocycles. The third-order valence-electron chi connectivity index (χ3n) is 8.11. The number of imide groups is 1. The number of carboxylic acid groups (broad SMARTS) is 1. The van der Waals surface area contributed by atoms with Crippen LogP contribution in [0.25, 0.3) is 0 Å². The SMILES string of the molecule is O=C(NC(=O)[C@H]1[C@@H](C(=O)O)C2(O[C@H]1c1ccc(Cl)c(Cl)c1)C(=O)c1ccccc1C2=O)Nc1ccc(N2CCOCC2)cc1. The van der Waals surface area contributed by atoms with Gasteiger partial charge in [0.05, 0.1) is 35.3 Å². The fraction of sp³-hybridized carbons (Fsp3) is 0.258. The van der Waals surface area contributed by atoms with Gasteiger partial charge in [-0.3, -0.25) is 24.5 Å². The number of nitrogens with one attached hydrogen (secondary N) is 2. The van der Waals surface area contributed by atoms with Gasteiger partial charge in [0, 0.05) is 35.6 Å². The molecule has 6 rings (SSSR count). The van der Waals surface area contributed by atoms with Crippen molar-refractivity contribution in [1.82, 2.24) is 5.32 Å². The number of fused-ring (bicyclic) bond motifs is 1. The van der Waals surface area contributed by atoms with E-state index in [0.29, 0.717) is 18.9 Å². The largest absolute Gasteiger partial charge is 0.481 e. The van der Waals surface area contributed by atoms with E-state index in [0.717, 1.165) is 18.8 Å². The molecule has 3 N–H and O–H groups in total. The van der Waals surface area contributed by atoms with Crippen LogP contribution in [0.3, 0.4) is 0 Å². The minimum Gasteiger partial charge on any atom is -0.481 e. The molecule has 3 amide bonds. The van der Waals surface area contributed by atoms with E-state index in [4.69, 9.17) is 32.7 Å². The highest BCUT2D eigenvalue weighted by Gasteiger charge is 2.71. The average Bonchev–Trinajstić information content (AvgIpc) is 3.49. The summed E-state index contributed by atoms with van der Waals surface area (Å²) in [6.07, 6.45) is -1.45. The minimum absolute atomic E-state index is 0.0176. The van der Waals surface area contributed by atoms with E-state index in [2.05, 4.69) is 15.5 Å². The van der Waals surface area contributed by atoms with Crippen LogP contribution in [0.15, 0.2) is 66.7 Å². The van der Waals surface area contributed by atoms with E-state index in [1.54, 1.807) is 12.1 Å². The van der Waals surface area contributed by atoms with Crippen molar-refractivity contribution in [2.75, 3.05) is 36.5 Å². The maximum absolute atomic E-state index is 13.8. The molecule has 3 aromatic rings. The van der Waals surface area contributed by atoms with Crippen LogP contribution in [-0.2, 0) is 19.1 Å². The molecule has 2 aliphatic heterocycles. The molecule has 2 saturated heterocycles. The predicted octanol–water partition coefficient (Wildman–Crippen LogP) is 4.38. The lowest BCUT2D eigenvalue weighted by Crippen LogP contribution is -2.53. The Kier molecular flexibility index (Phi) is 7.89. The van der Waals surface area contributed by atoms with Gasteiger partial charge >= 0.3 is 12.0 Å². The normalized spacial score (nSPS) is 22.1. The number of morpholine rings is 1. The number of Topliss-reactive ketones (excluding diaryl/α,β-unsaturated/α-hetero) is 2. The van der Waals surface area contributed by atoms with Crippen LogP contribution < -0.4 is 15.5 Å².